The zero-order valence-corrected chi connectivity index (χ0v) is 8.25. The maximum absolute atomic E-state index is 11.5. The van der Waals surface area contributed by atoms with Crippen molar-refractivity contribution in [3.05, 3.63) is 0 Å². The summed E-state index contributed by atoms with van der Waals surface area (Å²) in [6.07, 6.45) is 3.16. The van der Waals surface area contributed by atoms with Crippen LogP contribution < -0.4 is 11.1 Å². The van der Waals surface area contributed by atoms with Crippen molar-refractivity contribution < 1.29 is 4.79 Å². The largest absolute Gasteiger partial charge is 0.334 e. The molecule has 1 rings (SSSR count). The number of likely N-dealkylation sites (tertiary alicyclic amines) is 1. The van der Waals surface area contributed by atoms with Crippen molar-refractivity contribution in [2.24, 2.45) is 5.73 Å². The molecule has 0 radical (unpaired) electrons. The Labute approximate surface area is 79.5 Å². The molecule has 0 aliphatic carbocycles. The van der Waals surface area contributed by atoms with Crippen LogP contribution >= 0.6 is 0 Å². The number of hydrogen-bond donors (Lipinski definition) is 2. The van der Waals surface area contributed by atoms with E-state index in [0.29, 0.717) is 6.54 Å². The van der Waals surface area contributed by atoms with Crippen LogP contribution in [0.1, 0.15) is 26.2 Å². The molecule has 4 heteroatoms. The molecule has 0 aromatic carbocycles. The molecule has 1 fully saturated rings. The predicted octanol–water partition coefficient (Wildman–Crippen LogP) is 0.529. The molecule has 1 unspecified atom stereocenters. The van der Waals surface area contributed by atoms with Gasteiger partial charge in [0.15, 0.2) is 0 Å². The maximum atomic E-state index is 11.5. The average Bonchev–Trinajstić information content (AvgIpc) is 2.66. The van der Waals surface area contributed by atoms with Gasteiger partial charge < -0.3 is 16.0 Å². The number of amides is 2. The highest BCUT2D eigenvalue weighted by molar-refractivity contribution is 5.74. The van der Waals surface area contributed by atoms with Crippen LogP contribution in [0.25, 0.3) is 0 Å². The van der Waals surface area contributed by atoms with Gasteiger partial charge in [-0.2, -0.15) is 0 Å². The molecular formula is C9H19N3O. The number of nitrogens with two attached hydrogens (primary N) is 1. The smallest absolute Gasteiger partial charge is 0.317 e. The number of urea groups is 1. The molecule has 3 N–H and O–H groups in total. The first-order chi connectivity index (χ1) is 6.27. The lowest BCUT2D eigenvalue weighted by atomic mass is 10.2. The van der Waals surface area contributed by atoms with E-state index in [-0.39, 0.29) is 12.1 Å². The quantitative estimate of drug-likeness (QED) is 0.674. The van der Waals surface area contributed by atoms with Crippen molar-refractivity contribution in [1.82, 2.24) is 10.2 Å². The number of rotatable bonds is 3. The summed E-state index contributed by atoms with van der Waals surface area (Å²) in [5.74, 6) is 0. The summed E-state index contributed by atoms with van der Waals surface area (Å²) >= 11 is 0. The normalized spacial score (nSPS) is 18.8. The standard InChI is InChI=1S/C9H19N3O/c1-2-8(7-10)11-9(13)12-5-3-4-6-12/h8H,2-7,10H2,1H3,(H,11,13). The summed E-state index contributed by atoms with van der Waals surface area (Å²) in [6.45, 7) is 4.34. The Morgan fingerprint density at radius 3 is 2.62 bits per heavy atom. The highest BCUT2D eigenvalue weighted by atomic mass is 16.2. The van der Waals surface area contributed by atoms with E-state index in [1.54, 1.807) is 0 Å². The van der Waals surface area contributed by atoms with Gasteiger partial charge in [-0.3, -0.25) is 0 Å². The van der Waals surface area contributed by atoms with E-state index < -0.39 is 0 Å². The minimum atomic E-state index is 0.0507. The van der Waals surface area contributed by atoms with Gasteiger partial charge in [0.1, 0.15) is 0 Å². The summed E-state index contributed by atoms with van der Waals surface area (Å²) in [6, 6.07) is 0.183. The van der Waals surface area contributed by atoms with Crippen LogP contribution in [0.5, 0.6) is 0 Å². The van der Waals surface area contributed by atoms with Gasteiger partial charge >= 0.3 is 6.03 Å². The van der Waals surface area contributed by atoms with Crippen molar-refractivity contribution in [2.75, 3.05) is 19.6 Å². The Balaban J connectivity index is 2.30. The number of nitrogens with zero attached hydrogens (tertiary/aromatic N) is 1. The second-order valence-corrected chi connectivity index (χ2v) is 3.48. The Bertz CT molecular complexity index is 162. The van der Waals surface area contributed by atoms with Crippen LogP contribution in [0.3, 0.4) is 0 Å². The highest BCUT2D eigenvalue weighted by Crippen LogP contribution is 2.07. The molecule has 1 saturated heterocycles. The van der Waals surface area contributed by atoms with Crippen LogP contribution in [-0.4, -0.2) is 36.6 Å². The van der Waals surface area contributed by atoms with E-state index in [0.717, 1.165) is 32.4 Å². The fourth-order valence-corrected chi connectivity index (χ4v) is 1.51. The lowest BCUT2D eigenvalue weighted by Crippen LogP contribution is -2.46. The van der Waals surface area contributed by atoms with Gasteiger partial charge in [0.2, 0.25) is 0 Å². The highest BCUT2D eigenvalue weighted by Gasteiger charge is 2.19. The molecule has 0 spiro atoms. The zero-order valence-electron chi connectivity index (χ0n) is 8.25. The van der Waals surface area contributed by atoms with Crippen LogP contribution in [0, 0.1) is 0 Å². The first-order valence-electron chi connectivity index (χ1n) is 5.03. The Morgan fingerprint density at radius 2 is 2.15 bits per heavy atom. The SMILES string of the molecule is CCC(CN)NC(=O)N1CCCC1. The third kappa shape index (κ3) is 2.88. The molecule has 0 aromatic rings. The Hall–Kier alpha value is -0.770. The number of hydrogen-bond acceptors (Lipinski definition) is 2. The van der Waals surface area contributed by atoms with Gasteiger partial charge in [0.25, 0.3) is 0 Å². The van der Waals surface area contributed by atoms with Crippen molar-refractivity contribution >= 4 is 6.03 Å². The molecular weight excluding hydrogens is 166 g/mol. The fraction of sp³-hybridized carbons (Fsp3) is 0.889. The molecule has 0 saturated carbocycles. The van der Waals surface area contributed by atoms with E-state index in [4.69, 9.17) is 5.73 Å². The van der Waals surface area contributed by atoms with Gasteiger partial charge in [-0.05, 0) is 19.3 Å². The van der Waals surface area contributed by atoms with Crippen molar-refractivity contribution in [3.8, 4) is 0 Å². The van der Waals surface area contributed by atoms with Crippen molar-refractivity contribution in [2.45, 2.75) is 32.2 Å². The molecule has 0 bridgehead atoms. The first-order valence-corrected chi connectivity index (χ1v) is 5.03. The monoisotopic (exact) mass is 185 g/mol. The van der Waals surface area contributed by atoms with Crippen molar-refractivity contribution in [1.29, 1.82) is 0 Å². The molecule has 2 amide bonds. The van der Waals surface area contributed by atoms with E-state index >= 15 is 0 Å². The summed E-state index contributed by atoms with van der Waals surface area (Å²) < 4.78 is 0. The summed E-state index contributed by atoms with van der Waals surface area (Å²) in [4.78, 5) is 13.4. The molecule has 13 heavy (non-hydrogen) atoms. The molecule has 1 heterocycles. The van der Waals surface area contributed by atoms with Crippen LogP contribution in [0.15, 0.2) is 0 Å². The summed E-state index contributed by atoms with van der Waals surface area (Å²) in [7, 11) is 0. The Morgan fingerprint density at radius 1 is 1.54 bits per heavy atom. The summed E-state index contributed by atoms with van der Waals surface area (Å²) in [5.41, 5.74) is 5.50. The minimum absolute atomic E-state index is 0.0507. The Kier molecular flexibility index (Phi) is 4.02. The van der Waals surface area contributed by atoms with Crippen LogP contribution in [0.4, 0.5) is 4.79 Å². The second-order valence-electron chi connectivity index (χ2n) is 3.48. The molecule has 4 nitrogen and oxygen atoms in total. The third-order valence-corrected chi connectivity index (χ3v) is 2.50. The van der Waals surface area contributed by atoms with Gasteiger partial charge in [-0.15, -0.1) is 0 Å². The maximum Gasteiger partial charge on any atom is 0.317 e. The predicted molar refractivity (Wildman–Crippen MR) is 52.5 cm³/mol. The lowest BCUT2D eigenvalue weighted by Gasteiger charge is -2.20. The van der Waals surface area contributed by atoms with Gasteiger partial charge in [0, 0.05) is 25.7 Å². The molecule has 0 aromatic heterocycles. The number of nitrogens with one attached hydrogen (secondary N) is 1. The topological polar surface area (TPSA) is 58.4 Å². The zero-order chi connectivity index (χ0) is 9.68. The van der Waals surface area contributed by atoms with Gasteiger partial charge in [0.05, 0.1) is 0 Å². The molecule has 76 valence electrons. The lowest BCUT2D eigenvalue weighted by molar-refractivity contribution is 0.204. The number of carbonyl (C=O) groups excluding carboxylic acids is 1. The third-order valence-electron chi connectivity index (χ3n) is 2.50. The fourth-order valence-electron chi connectivity index (χ4n) is 1.51. The van der Waals surface area contributed by atoms with Gasteiger partial charge in [-0.1, -0.05) is 6.92 Å². The van der Waals surface area contributed by atoms with E-state index in [1.165, 1.54) is 0 Å². The summed E-state index contributed by atoms with van der Waals surface area (Å²) in [5, 5.41) is 2.92. The van der Waals surface area contributed by atoms with E-state index in [9.17, 15) is 4.79 Å². The van der Waals surface area contributed by atoms with E-state index in [1.807, 2.05) is 11.8 Å². The first kappa shape index (κ1) is 10.3. The average molecular weight is 185 g/mol. The number of carbonyl (C=O) groups is 1. The molecule has 1 aliphatic rings. The van der Waals surface area contributed by atoms with Crippen LogP contribution in [0.2, 0.25) is 0 Å². The second kappa shape index (κ2) is 5.07. The van der Waals surface area contributed by atoms with Crippen molar-refractivity contribution in [3.63, 3.8) is 0 Å². The minimum Gasteiger partial charge on any atom is -0.334 e. The molecule has 1 atom stereocenters. The molecule has 1 aliphatic heterocycles. The van der Waals surface area contributed by atoms with Crippen LogP contribution in [-0.2, 0) is 0 Å². The van der Waals surface area contributed by atoms with E-state index in [2.05, 4.69) is 5.32 Å². The van der Waals surface area contributed by atoms with Gasteiger partial charge in [-0.25, -0.2) is 4.79 Å².